The zero-order valence-electron chi connectivity index (χ0n) is 11.1. The van der Waals surface area contributed by atoms with Crippen molar-refractivity contribution in [1.82, 2.24) is 0 Å². The summed E-state index contributed by atoms with van der Waals surface area (Å²) < 4.78 is 21.3. The van der Waals surface area contributed by atoms with Crippen molar-refractivity contribution < 1.29 is 23.2 Å². The third kappa shape index (κ3) is 3.05. The number of non-ortho nitro benzene ring substituents is 1. The first-order valence-corrected chi connectivity index (χ1v) is 7.34. The number of amides is 1. The maximum atomic E-state index is 11.9. The molecule has 0 unspecified atom stereocenters. The molecule has 1 aromatic carbocycles. The molecule has 0 aliphatic rings. The third-order valence-corrected chi connectivity index (χ3v) is 4.95. The van der Waals surface area contributed by atoms with Crippen LogP contribution in [0.25, 0.3) is 0 Å². The summed E-state index contributed by atoms with van der Waals surface area (Å²) in [6, 6.07) is 3.08. The van der Waals surface area contributed by atoms with Gasteiger partial charge in [-0.2, -0.15) is 0 Å². The molecule has 1 amide bonds. The highest BCUT2D eigenvalue weighted by atomic mass is 32.2. The summed E-state index contributed by atoms with van der Waals surface area (Å²) in [6.45, 7) is 2.44. The minimum Gasteiger partial charge on any atom is -0.506 e. The van der Waals surface area contributed by atoms with Gasteiger partial charge in [0.25, 0.3) is 5.69 Å². The number of hydrogen-bond acceptors (Lipinski definition) is 6. The number of aromatic hydroxyl groups is 1. The first-order valence-electron chi connectivity index (χ1n) is 5.45. The molecule has 0 aromatic heterocycles. The van der Waals surface area contributed by atoms with E-state index >= 15 is 0 Å². The average Bonchev–Trinajstić information content (AvgIpc) is 2.29. The molecule has 0 atom stereocenters. The number of nitro benzene ring substituents is 1. The quantitative estimate of drug-likeness (QED) is 0.486. The van der Waals surface area contributed by atoms with Crippen molar-refractivity contribution in [1.29, 1.82) is 0 Å². The number of phenolic OH excluding ortho intramolecular Hbond substituents is 1. The van der Waals surface area contributed by atoms with Crippen LogP contribution in [-0.2, 0) is 14.6 Å². The summed E-state index contributed by atoms with van der Waals surface area (Å²) in [7, 11) is -3.66. The first kappa shape index (κ1) is 15.9. The van der Waals surface area contributed by atoms with Crippen molar-refractivity contribution in [2.45, 2.75) is 18.6 Å². The zero-order chi connectivity index (χ0) is 15.7. The molecule has 0 bridgehead atoms. The van der Waals surface area contributed by atoms with Crippen molar-refractivity contribution in [2.24, 2.45) is 0 Å². The minimum atomic E-state index is -3.66. The van der Waals surface area contributed by atoms with Crippen LogP contribution in [0.2, 0.25) is 0 Å². The fraction of sp³-hybridized carbons (Fsp3) is 0.364. The van der Waals surface area contributed by atoms with Gasteiger partial charge in [0.05, 0.1) is 16.7 Å². The normalized spacial score (nSPS) is 11.9. The van der Waals surface area contributed by atoms with Gasteiger partial charge in [0.15, 0.2) is 9.84 Å². The van der Waals surface area contributed by atoms with Gasteiger partial charge in [-0.15, -0.1) is 0 Å². The van der Waals surface area contributed by atoms with Crippen LogP contribution >= 0.6 is 0 Å². The van der Waals surface area contributed by atoms with E-state index in [2.05, 4.69) is 5.32 Å². The number of anilines is 1. The molecule has 8 nitrogen and oxygen atoms in total. The smallest absolute Gasteiger partial charge is 0.273 e. The molecule has 0 radical (unpaired) electrons. The van der Waals surface area contributed by atoms with Gasteiger partial charge in [0, 0.05) is 12.3 Å². The molecule has 0 saturated carbocycles. The second-order valence-corrected chi connectivity index (χ2v) is 7.26. The summed E-state index contributed by atoms with van der Waals surface area (Å²) in [5.74, 6) is -1.36. The Balaban J connectivity index is 3.06. The monoisotopic (exact) mass is 302 g/mol. The van der Waals surface area contributed by atoms with E-state index in [0.717, 1.165) is 24.5 Å². The molecule has 0 heterocycles. The number of sulfone groups is 1. The number of hydrogen-bond donors (Lipinski definition) is 2. The van der Waals surface area contributed by atoms with Crippen LogP contribution in [0.3, 0.4) is 0 Å². The third-order valence-electron chi connectivity index (χ3n) is 2.91. The van der Waals surface area contributed by atoms with Crippen LogP contribution in [0.4, 0.5) is 11.4 Å². The second-order valence-electron chi connectivity index (χ2n) is 4.70. The van der Waals surface area contributed by atoms with Gasteiger partial charge in [-0.05, 0) is 19.9 Å². The summed E-state index contributed by atoms with van der Waals surface area (Å²) >= 11 is 0. The van der Waals surface area contributed by atoms with Crippen molar-refractivity contribution in [2.75, 3.05) is 11.6 Å². The molecule has 110 valence electrons. The van der Waals surface area contributed by atoms with E-state index in [0.29, 0.717) is 0 Å². The van der Waals surface area contributed by atoms with Crippen LogP contribution in [-0.4, -0.2) is 35.4 Å². The van der Waals surface area contributed by atoms with Gasteiger partial charge >= 0.3 is 0 Å². The molecule has 9 heteroatoms. The van der Waals surface area contributed by atoms with Crippen molar-refractivity contribution in [3.05, 3.63) is 28.3 Å². The second kappa shape index (κ2) is 5.08. The van der Waals surface area contributed by atoms with E-state index < -0.39 is 31.2 Å². The number of phenols is 1. The van der Waals surface area contributed by atoms with Gasteiger partial charge in [-0.1, -0.05) is 0 Å². The molecular formula is C11H14N2O6S. The van der Waals surface area contributed by atoms with E-state index in [1.165, 1.54) is 13.8 Å². The lowest BCUT2D eigenvalue weighted by molar-refractivity contribution is -0.384. The number of rotatable bonds is 4. The Morgan fingerprint density at radius 1 is 1.40 bits per heavy atom. The molecule has 1 rings (SSSR count). The summed E-state index contributed by atoms with van der Waals surface area (Å²) in [5, 5.41) is 22.3. The lowest BCUT2D eigenvalue weighted by Gasteiger charge is -2.21. The Morgan fingerprint density at radius 3 is 2.35 bits per heavy atom. The Kier molecular flexibility index (Phi) is 4.04. The molecule has 0 fully saturated rings. The summed E-state index contributed by atoms with van der Waals surface area (Å²) in [4.78, 5) is 21.7. The number of carbonyl (C=O) groups is 1. The van der Waals surface area contributed by atoms with Gasteiger partial charge in [0.1, 0.15) is 10.5 Å². The number of nitrogens with zero attached hydrogens (tertiary/aromatic N) is 1. The standard InChI is InChI=1S/C11H14N2O6S/c1-11(2,20(3,18)19)10(15)12-8-5-4-7(13(16)17)6-9(8)14/h4-6,14H,1-3H3,(H,12,15). The van der Waals surface area contributed by atoms with E-state index in [-0.39, 0.29) is 11.4 Å². The molecule has 0 saturated heterocycles. The SMILES string of the molecule is CC(C)(C(=O)Nc1ccc([N+](=O)[O-])cc1O)S(C)(=O)=O. The van der Waals surface area contributed by atoms with E-state index in [1.54, 1.807) is 0 Å². The van der Waals surface area contributed by atoms with E-state index in [1.807, 2.05) is 0 Å². The fourth-order valence-corrected chi connectivity index (χ4v) is 1.57. The number of benzene rings is 1. The maximum Gasteiger partial charge on any atom is 0.273 e. The predicted octanol–water partition coefficient (Wildman–Crippen LogP) is 1.06. The van der Waals surface area contributed by atoms with Crippen LogP contribution < -0.4 is 5.32 Å². The average molecular weight is 302 g/mol. The fourth-order valence-electron chi connectivity index (χ4n) is 1.18. The predicted molar refractivity (Wildman–Crippen MR) is 72.3 cm³/mol. The maximum absolute atomic E-state index is 11.9. The Hall–Kier alpha value is -2.16. The molecule has 0 aliphatic carbocycles. The summed E-state index contributed by atoms with van der Waals surface area (Å²) in [5.41, 5.74) is -0.444. The molecule has 20 heavy (non-hydrogen) atoms. The number of nitro groups is 1. The van der Waals surface area contributed by atoms with Crippen LogP contribution in [0, 0.1) is 10.1 Å². The molecule has 2 N–H and O–H groups in total. The lowest BCUT2D eigenvalue weighted by Crippen LogP contribution is -2.43. The van der Waals surface area contributed by atoms with Crippen LogP contribution in [0.5, 0.6) is 5.75 Å². The van der Waals surface area contributed by atoms with Crippen molar-refractivity contribution >= 4 is 27.1 Å². The van der Waals surface area contributed by atoms with Gasteiger partial charge in [-0.25, -0.2) is 8.42 Å². The highest BCUT2D eigenvalue weighted by Gasteiger charge is 2.38. The molecule has 0 spiro atoms. The molecule has 0 aliphatic heterocycles. The number of carbonyl (C=O) groups excluding carboxylic acids is 1. The van der Waals surface area contributed by atoms with Crippen LogP contribution in [0.1, 0.15) is 13.8 Å². The van der Waals surface area contributed by atoms with E-state index in [9.17, 15) is 28.4 Å². The van der Waals surface area contributed by atoms with E-state index in [4.69, 9.17) is 0 Å². The minimum absolute atomic E-state index is 0.0997. The highest BCUT2D eigenvalue weighted by Crippen LogP contribution is 2.29. The van der Waals surface area contributed by atoms with Gasteiger partial charge < -0.3 is 10.4 Å². The first-order chi connectivity index (χ1) is 8.96. The number of nitrogens with one attached hydrogen (secondary N) is 1. The largest absolute Gasteiger partial charge is 0.506 e. The van der Waals surface area contributed by atoms with Crippen LogP contribution in [0.15, 0.2) is 18.2 Å². The summed E-state index contributed by atoms with van der Waals surface area (Å²) in [6.07, 6.45) is 0.919. The highest BCUT2D eigenvalue weighted by molar-refractivity contribution is 7.92. The zero-order valence-corrected chi connectivity index (χ0v) is 11.9. The van der Waals surface area contributed by atoms with Crippen molar-refractivity contribution in [3.8, 4) is 5.75 Å². The Labute approximate surface area is 115 Å². The van der Waals surface area contributed by atoms with Gasteiger partial charge in [-0.3, -0.25) is 14.9 Å². The Morgan fingerprint density at radius 2 is 1.95 bits per heavy atom. The molecular weight excluding hydrogens is 288 g/mol. The van der Waals surface area contributed by atoms with Gasteiger partial charge in [0.2, 0.25) is 5.91 Å². The lowest BCUT2D eigenvalue weighted by atomic mass is 10.2. The topological polar surface area (TPSA) is 127 Å². The molecule has 1 aromatic rings. The Bertz CT molecular complexity index is 665. The van der Waals surface area contributed by atoms with Crippen molar-refractivity contribution in [3.63, 3.8) is 0 Å².